The van der Waals surface area contributed by atoms with Crippen molar-refractivity contribution in [3.05, 3.63) is 53.9 Å². The van der Waals surface area contributed by atoms with Gasteiger partial charge in [0.15, 0.2) is 0 Å². The molecular formula is C14H9F3N2. The summed E-state index contributed by atoms with van der Waals surface area (Å²) in [5, 5.41) is 8.71. The van der Waals surface area contributed by atoms with E-state index in [4.69, 9.17) is 5.26 Å². The lowest BCUT2D eigenvalue weighted by Gasteiger charge is -2.14. The van der Waals surface area contributed by atoms with Crippen LogP contribution in [-0.2, 0) is 12.6 Å². The first-order valence-corrected chi connectivity index (χ1v) is 5.51. The van der Waals surface area contributed by atoms with Crippen LogP contribution < -0.4 is 0 Å². The van der Waals surface area contributed by atoms with Crippen molar-refractivity contribution in [3.63, 3.8) is 0 Å². The first-order valence-electron chi connectivity index (χ1n) is 5.51. The van der Waals surface area contributed by atoms with Crippen LogP contribution in [0.5, 0.6) is 0 Å². The number of pyridine rings is 1. The molecule has 0 radical (unpaired) electrons. The molecule has 0 unspecified atom stereocenters. The van der Waals surface area contributed by atoms with Crippen LogP contribution in [0.15, 0.2) is 42.6 Å². The Morgan fingerprint density at radius 3 is 2.42 bits per heavy atom. The van der Waals surface area contributed by atoms with Crippen LogP contribution >= 0.6 is 0 Å². The van der Waals surface area contributed by atoms with Gasteiger partial charge in [-0.25, -0.2) is 0 Å². The summed E-state index contributed by atoms with van der Waals surface area (Å²) in [4.78, 5) is 3.98. The van der Waals surface area contributed by atoms with Gasteiger partial charge in [-0.15, -0.1) is 0 Å². The van der Waals surface area contributed by atoms with Gasteiger partial charge in [0.1, 0.15) is 0 Å². The van der Waals surface area contributed by atoms with E-state index in [-0.39, 0.29) is 12.0 Å². The van der Waals surface area contributed by atoms with Gasteiger partial charge in [0, 0.05) is 11.8 Å². The molecular weight excluding hydrogens is 253 g/mol. The number of aromatic nitrogens is 1. The Hall–Kier alpha value is -2.35. The molecule has 2 rings (SSSR count). The van der Waals surface area contributed by atoms with Crippen LogP contribution in [0.2, 0.25) is 0 Å². The second kappa shape index (κ2) is 5.11. The molecule has 96 valence electrons. The largest absolute Gasteiger partial charge is 0.417 e. The van der Waals surface area contributed by atoms with Crippen LogP contribution in [-0.4, -0.2) is 4.98 Å². The lowest BCUT2D eigenvalue weighted by Crippen LogP contribution is -2.07. The minimum Gasteiger partial charge on any atom is -0.260 e. The first kappa shape index (κ1) is 13.1. The van der Waals surface area contributed by atoms with Gasteiger partial charge >= 0.3 is 6.18 Å². The van der Waals surface area contributed by atoms with E-state index in [9.17, 15) is 13.2 Å². The topological polar surface area (TPSA) is 36.7 Å². The molecule has 0 fully saturated rings. The van der Waals surface area contributed by atoms with Crippen molar-refractivity contribution in [3.8, 4) is 17.2 Å². The van der Waals surface area contributed by atoms with Crippen molar-refractivity contribution in [1.29, 1.82) is 5.26 Å². The summed E-state index contributed by atoms with van der Waals surface area (Å²) >= 11 is 0. The second-order valence-electron chi connectivity index (χ2n) is 3.88. The van der Waals surface area contributed by atoms with Gasteiger partial charge in [0.05, 0.1) is 23.7 Å². The smallest absolute Gasteiger partial charge is 0.260 e. The summed E-state index contributed by atoms with van der Waals surface area (Å²) in [6, 6.07) is 10.3. The van der Waals surface area contributed by atoms with Gasteiger partial charge in [-0.2, -0.15) is 18.4 Å². The fraction of sp³-hybridized carbons (Fsp3) is 0.143. The van der Waals surface area contributed by atoms with E-state index in [2.05, 4.69) is 4.98 Å². The molecule has 0 saturated carbocycles. The third-order valence-corrected chi connectivity index (χ3v) is 2.66. The Kier molecular flexibility index (Phi) is 3.52. The molecule has 19 heavy (non-hydrogen) atoms. The molecule has 0 bridgehead atoms. The van der Waals surface area contributed by atoms with Gasteiger partial charge in [-0.3, -0.25) is 4.98 Å². The summed E-state index contributed by atoms with van der Waals surface area (Å²) < 4.78 is 38.9. The summed E-state index contributed by atoms with van der Waals surface area (Å²) in [5.41, 5.74) is 0.0224. The molecule has 0 amide bonds. The van der Waals surface area contributed by atoms with Gasteiger partial charge in [-0.05, 0) is 17.7 Å². The van der Waals surface area contributed by atoms with Crippen LogP contribution in [0.4, 0.5) is 13.2 Å². The number of nitrogens with zero attached hydrogens (tertiary/aromatic N) is 2. The molecule has 0 aliphatic carbocycles. The Bertz CT molecular complexity index is 627. The van der Waals surface area contributed by atoms with Crippen LogP contribution in [0.3, 0.4) is 0 Å². The predicted molar refractivity (Wildman–Crippen MR) is 64.0 cm³/mol. The molecule has 5 heteroatoms. The molecule has 0 spiro atoms. The van der Waals surface area contributed by atoms with Gasteiger partial charge < -0.3 is 0 Å². The standard InChI is InChI=1S/C14H9F3N2/c15-14(16,17)12-6-2-1-4-10(12)11-5-3-9-19-13(11)7-8-18/h1-6,9H,7H2. The highest BCUT2D eigenvalue weighted by Crippen LogP contribution is 2.37. The quantitative estimate of drug-likeness (QED) is 0.824. The number of halogens is 3. The number of alkyl halides is 3. The maximum atomic E-state index is 13.0. The molecule has 0 atom stereocenters. The average Bonchev–Trinajstić information content (AvgIpc) is 2.39. The van der Waals surface area contributed by atoms with Crippen LogP contribution in [0, 0.1) is 11.3 Å². The average molecular weight is 262 g/mol. The predicted octanol–water partition coefficient (Wildman–Crippen LogP) is 3.83. The molecule has 0 aliphatic heterocycles. The minimum absolute atomic E-state index is 0.0254. The fourth-order valence-electron chi connectivity index (χ4n) is 1.86. The van der Waals surface area contributed by atoms with E-state index in [1.807, 2.05) is 6.07 Å². The molecule has 0 saturated heterocycles. The maximum Gasteiger partial charge on any atom is 0.417 e. The SMILES string of the molecule is N#CCc1ncccc1-c1ccccc1C(F)(F)F. The highest BCUT2D eigenvalue weighted by molar-refractivity contribution is 5.70. The number of nitriles is 1. The van der Waals surface area contributed by atoms with Crippen molar-refractivity contribution in [1.82, 2.24) is 4.98 Å². The van der Waals surface area contributed by atoms with Crippen molar-refractivity contribution in [2.24, 2.45) is 0 Å². The summed E-state index contributed by atoms with van der Waals surface area (Å²) in [6.45, 7) is 0. The van der Waals surface area contributed by atoms with Gasteiger partial charge in [0.25, 0.3) is 0 Å². The first-order chi connectivity index (χ1) is 9.04. The zero-order chi connectivity index (χ0) is 13.9. The minimum atomic E-state index is -4.43. The van der Waals surface area contributed by atoms with Gasteiger partial charge in [-0.1, -0.05) is 24.3 Å². The molecule has 2 nitrogen and oxygen atoms in total. The maximum absolute atomic E-state index is 13.0. The Balaban J connectivity index is 2.64. The van der Waals surface area contributed by atoms with E-state index in [1.165, 1.54) is 24.4 Å². The van der Waals surface area contributed by atoms with Crippen molar-refractivity contribution < 1.29 is 13.2 Å². The Morgan fingerprint density at radius 1 is 1.05 bits per heavy atom. The summed E-state index contributed by atoms with van der Waals surface area (Å²) in [6.07, 6.45) is -2.99. The number of hydrogen-bond donors (Lipinski definition) is 0. The lowest BCUT2D eigenvalue weighted by atomic mass is 9.97. The highest BCUT2D eigenvalue weighted by Gasteiger charge is 2.33. The van der Waals surface area contributed by atoms with E-state index < -0.39 is 11.7 Å². The van der Waals surface area contributed by atoms with Gasteiger partial charge in [0.2, 0.25) is 0 Å². The summed E-state index contributed by atoms with van der Waals surface area (Å²) in [7, 11) is 0. The normalized spacial score (nSPS) is 11.1. The van der Waals surface area contributed by atoms with Crippen molar-refractivity contribution in [2.45, 2.75) is 12.6 Å². The highest BCUT2D eigenvalue weighted by atomic mass is 19.4. The van der Waals surface area contributed by atoms with E-state index in [0.29, 0.717) is 11.3 Å². The van der Waals surface area contributed by atoms with E-state index in [1.54, 1.807) is 12.1 Å². The zero-order valence-electron chi connectivity index (χ0n) is 9.78. The lowest BCUT2D eigenvalue weighted by molar-refractivity contribution is -0.137. The second-order valence-corrected chi connectivity index (χ2v) is 3.88. The Morgan fingerprint density at radius 2 is 1.74 bits per heavy atom. The third-order valence-electron chi connectivity index (χ3n) is 2.66. The monoisotopic (exact) mass is 262 g/mol. The molecule has 1 aromatic carbocycles. The number of hydrogen-bond acceptors (Lipinski definition) is 2. The molecule has 1 aromatic heterocycles. The fourth-order valence-corrected chi connectivity index (χ4v) is 1.86. The van der Waals surface area contributed by atoms with Crippen molar-refractivity contribution in [2.75, 3.05) is 0 Å². The molecule has 0 aliphatic rings. The molecule has 2 aromatic rings. The zero-order valence-corrected chi connectivity index (χ0v) is 9.78. The van der Waals surface area contributed by atoms with E-state index >= 15 is 0 Å². The molecule has 0 N–H and O–H groups in total. The number of rotatable bonds is 2. The summed E-state index contributed by atoms with van der Waals surface area (Å²) in [5.74, 6) is 0. The molecule has 1 heterocycles. The number of benzene rings is 1. The van der Waals surface area contributed by atoms with Crippen LogP contribution in [0.1, 0.15) is 11.3 Å². The Labute approximate surface area is 108 Å². The van der Waals surface area contributed by atoms with E-state index in [0.717, 1.165) is 6.07 Å². The van der Waals surface area contributed by atoms with Crippen LogP contribution in [0.25, 0.3) is 11.1 Å². The third kappa shape index (κ3) is 2.74. The van der Waals surface area contributed by atoms with Crippen molar-refractivity contribution >= 4 is 0 Å².